The van der Waals surface area contributed by atoms with Crippen molar-refractivity contribution in [2.45, 2.75) is 90.5 Å². The molecular weight excluding hydrogens is 218 g/mol. The maximum atomic E-state index is 6.78. The fourth-order valence-electron chi connectivity index (χ4n) is 4.31. The van der Waals surface area contributed by atoms with Crippen LogP contribution < -0.4 is 5.73 Å². The molecule has 0 radical (unpaired) electrons. The molecule has 2 rings (SSSR count). The lowest BCUT2D eigenvalue weighted by atomic mass is 9.61. The van der Waals surface area contributed by atoms with Gasteiger partial charge in [-0.05, 0) is 55.8 Å². The average Bonchev–Trinajstić information content (AvgIpc) is 2.40. The summed E-state index contributed by atoms with van der Waals surface area (Å²) in [5.74, 6) is 1.74. The third-order valence-corrected chi connectivity index (χ3v) is 6.35. The largest absolute Gasteiger partial charge is 0.325 e. The van der Waals surface area contributed by atoms with Crippen molar-refractivity contribution >= 4 is 0 Å². The minimum absolute atomic E-state index is 0.195. The molecule has 2 aliphatic rings. The van der Waals surface area contributed by atoms with Gasteiger partial charge in [-0.2, -0.15) is 0 Å². The first-order valence-corrected chi connectivity index (χ1v) is 8.27. The van der Waals surface area contributed by atoms with Gasteiger partial charge >= 0.3 is 0 Å². The third kappa shape index (κ3) is 2.92. The molecule has 2 N–H and O–H groups in total. The fraction of sp³-hybridized carbons (Fsp3) is 1.00. The van der Waals surface area contributed by atoms with E-state index in [4.69, 9.17) is 5.73 Å². The molecule has 0 atom stereocenters. The normalized spacial score (nSPS) is 35.7. The molecule has 0 amide bonds. The second-order valence-corrected chi connectivity index (χ2v) is 7.68. The van der Waals surface area contributed by atoms with Crippen LogP contribution in [0, 0.1) is 17.3 Å². The molecule has 0 aromatic heterocycles. The first-order valence-electron chi connectivity index (χ1n) is 8.27. The first kappa shape index (κ1) is 14.4. The van der Waals surface area contributed by atoms with E-state index in [0.717, 1.165) is 11.8 Å². The Labute approximate surface area is 114 Å². The van der Waals surface area contributed by atoms with Crippen LogP contribution in [-0.2, 0) is 0 Å². The van der Waals surface area contributed by atoms with Crippen molar-refractivity contribution in [3.05, 3.63) is 0 Å². The first-order chi connectivity index (χ1) is 8.48. The average molecular weight is 251 g/mol. The van der Waals surface area contributed by atoms with Crippen LogP contribution in [0.4, 0.5) is 0 Å². The van der Waals surface area contributed by atoms with Crippen molar-refractivity contribution in [3.63, 3.8) is 0 Å². The van der Waals surface area contributed by atoms with Gasteiger partial charge in [-0.25, -0.2) is 0 Å². The molecule has 0 unspecified atom stereocenters. The van der Waals surface area contributed by atoms with Crippen LogP contribution in [-0.4, -0.2) is 5.54 Å². The van der Waals surface area contributed by atoms with E-state index in [0.29, 0.717) is 5.41 Å². The molecule has 18 heavy (non-hydrogen) atoms. The van der Waals surface area contributed by atoms with Crippen molar-refractivity contribution in [2.24, 2.45) is 23.0 Å². The topological polar surface area (TPSA) is 26.0 Å². The standard InChI is InChI=1S/C17H33N/c1-4-16(2,3)14-10-12-17(18,13-11-14)15-8-6-5-7-9-15/h14-15H,4-13,18H2,1-3H3. The molecule has 0 heterocycles. The molecular formula is C17H33N. The van der Waals surface area contributed by atoms with Gasteiger partial charge in [0, 0.05) is 5.54 Å². The highest BCUT2D eigenvalue weighted by Gasteiger charge is 2.41. The van der Waals surface area contributed by atoms with Gasteiger partial charge in [0.15, 0.2) is 0 Å². The molecule has 0 saturated heterocycles. The number of rotatable bonds is 3. The van der Waals surface area contributed by atoms with E-state index in [1.807, 2.05) is 0 Å². The smallest absolute Gasteiger partial charge is 0.0183 e. The Morgan fingerprint density at radius 2 is 1.56 bits per heavy atom. The molecule has 0 aromatic carbocycles. The van der Waals surface area contributed by atoms with Crippen molar-refractivity contribution < 1.29 is 0 Å². The Morgan fingerprint density at radius 3 is 2.06 bits per heavy atom. The Balaban J connectivity index is 1.92. The van der Waals surface area contributed by atoms with Crippen LogP contribution in [0.5, 0.6) is 0 Å². The van der Waals surface area contributed by atoms with E-state index in [1.54, 1.807) is 0 Å². The van der Waals surface area contributed by atoms with Crippen molar-refractivity contribution in [1.29, 1.82) is 0 Å². The Bertz CT molecular complexity index is 255. The molecule has 1 heteroatoms. The van der Waals surface area contributed by atoms with Crippen LogP contribution in [0.3, 0.4) is 0 Å². The maximum absolute atomic E-state index is 6.78. The fourth-order valence-corrected chi connectivity index (χ4v) is 4.31. The highest BCUT2D eigenvalue weighted by Crippen LogP contribution is 2.47. The number of nitrogens with two attached hydrogens (primary N) is 1. The van der Waals surface area contributed by atoms with E-state index in [1.165, 1.54) is 64.2 Å². The van der Waals surface area contributed by atoms with E-state index in [9.17, 15) is 0 Å². The van der Waals surface area contributed by atoms with Crippen molar-refractivity contribution in [3.8, 4) is 0 Å². The highest BCUT2D eigenvalue weighted by atomic mass is 14.8. The molecule has 2 saturated carbocycles. The Hall–Kier alpha value is -0.0400. The predicted molar refractivity (Wildman–Crippen MR) is 79.5 cm³/mol. The van der Waals surface area contributed by atoms with E-state index in [2.05, 4.69) is 20.8 Å². The molecule has 2 fully saturated rings. The number of hydrogen-bond acceptors (Lipinski definition) is 1. The second-order valence-electron chi connectivity index (χ2n) is 7.68. The molecule has 0 aliphatic heterocycles. The van der Waals surface area contributed by atoms with Crippen LogP contribution in [0.2, 0.25) is 0 Å². The van der Waals surface area contributed by atoms with Gasteiger partial charge in [0.1, 0.15) is 0 Å². The van der Waals surface area contributed by atoms with Gasteiger partial charge in [-0.3, -0.25) is 0 Å². The summed E-state index contributed by atoms with van der Waals surface area (Å²) in [7, 11) is 0. The van der Waals surface area contributed by atoms with Crippen LogP contribution in [0.15, 0.2) is 0 Å². The molecule has 2 aliphatic carbocycles. The lowest BCUT2D eigenvalue weighted by molar-refractivity contribution is 0.0754. The Kier molecular flexibility index (Phi) is 4.41. The van der Waals surface area contributed by atoms with E-state index < -0.39 is 0 Å². The maximum Gasteiger partial charge on any atom is 0.0183 e. The van der Waals surface area contributed by atoms with Crippen LogP contribution in [0.25, 0.3) is 0 Å². The van der Waals surface area contributed by atoms with Crippen LogP contribution >= 0.6 is 0 Å². The van der Waals surface area contributed by atoms with Gasteiger partial charge in [-0.15, -0.1) is 0 Å². The van der Waals surface area contributed by atoms with Crippen molar-refractivity contribution in [2.75, 3.05) is 0 Å². The summed E-state index contributed by atoms with van der Waals surface area (Å²) in [5.41, 5.74) is 7.50. The van der Waals surface area contributed by atoms with Gasteiger partial charge in [-0.1, -0.05) is 46.5 Å². The molecule has 0 aromatic rings. The quantitative estimate of drug-likeness (QED) is 0.759. The van der Waals surface area contributed by atoms with Gasteiger partial charge < -0.3 is 5.73 Å². The minimum Gasteiger partial charge on any atom is -0.325 e. The summed E-state index contributed by atoms with van der Waals surface area (Å²) in [6, 6.07) is 0. The molecule has 0 bridgehead atoms. The monoisotopic (exact) mass is 251 g/mol. The summed E-state index contributed by atoms with van der Waals surface area (Å²) >= 11 is 0. The Morgan fingerprint density at radius 1 is 1.00 bits per heavy atom. The SMILES string of the molecule is CCC(C)(C)C1CCC(N)(C2CCCCC2)CC1. The minimum atomic E-state index is 0.195. The second kappa shape index (κ2) is 5.53. The summed E-state index contributed by atoms with van der Waals surface area (Å²) in [6.07, 6.45) is 13.7. The van der Waals surface area contributed by atoms with Crippen molar-refractivity contribution in [1.82, 2.24) is 0 Å². The molecule has 1 nitrogen and oxygen atoms in total. The predicted octanol–water partition coefficient (Wildman–Crippen LogP) is 4.89. The number of hydrogen-bond donors (Lipinski definition) is 1. The van der Waals surface area contributed by atoms with E-state index in [-0.39, 0.29) is 5.54 Å². The van der Waals surface area contributed by atoms with Gasteiger partial charge in [0.25, 0.3) is 0 Å². The van der Waals surface area contributed by atoms with E-state index >= 15 is 0 Å². The summed E-state index contributed by atoms with van der Waals surface area (Å²) in [6.45, 7) is 7.23. The van der Waals surface area contributed by atoms with Gasteiger partial charge in [0.05, 0.1) is 0 Å². The summed E-state index contributed by atoms with van der Waals surface area (Å²) < 4.78 is 0. The molecule has 0 spiro atoms. The zero-order valence-electron chi connectivity index (χ0n) is 12.8. The summed E-state index contributed by atoms with van der Waals surface area (Å²) in [5, 5.41) is 0. The highest BCUT2D eigenvalue weighted by molar-refractivity contribution is 4.98. The zero-order valence-corrected chi connectivity index (χ0v) is 12.8. The lowest BCUT2D eigenvalue weighted by Gasteiger charge is -2.47. The zero-order chi connectivity index (χ0) is 13.2. The summed E-state index contributed by atoms with van der Waals surface area (Å²) in [4.78, 5) is 0. The van der Waals surface area contributed by atoms with Gasteiger partial charge in [0.2, 0.25) is 0 Å². The third-order valence-electron chi connectivity index (χ3n) is 6.35. The molecule has 106 valence electrons. The van der Waals surface area contributed by atoms with Crippen LogP contribution in [0.1, 0.15) is 85.0 Å². The lowest BCUT2D eigenvalue weighted by Crippen LogP contribution is -2.51.